The zero-order valence-corrected chi connectivity index (χ0v) is 28.4. The fourth-order valence-electron chi connectivity index (χ4n) is 4.39. The van der Waals surface area contributed by atoms with Crippen LogP contribution in [0.3, 0.4) is 0 Å². The van der Waals surface area contributed by atoms with Gasteiger partial charge in [-0.25, -0.2) is 0 Å². The van der Waals surface area contributed by atoms with E-state index < -0.39 is 28.9 Å². The molecule has 224 valence electrons. The van der Waals surface area contributed by atoms with Gasteiger partial charge < -0.3 is 10.6 Å². The predicted octanol–water partition coefficient (Wildman–Crippen LogP) is 11.5. The summed E-state index contributed by atoms with van der Waals surface area (Å²) in [6.07, 6.45) is 0. The molecule has 5 rings (SSSR count). The van der Waals surface area contributed by atoms with Gasteiger partial charge in [0.25, 0.3) is 11.8 Å². The van der Waals surface area contributed by atoms with E-state index in [9.17, 15) is 19.2 Å². The smallest absolute Gasteiger partial charge is 0.258 e. The Morgan fingerprint density at radius 2 is 0.841 bits per heavy atom. The predicted molar refractivity (Wildman–Crippen MR) is 179 cm³/mol. The van der Waals surface area contributed by atoms with Crippen molar-refractivity contribution in [3.8, 4) is 0 Å². The van der Waals surface area contributed by atoms with Crippen molar-refractivity contribution in [2.75, 3.05) is 10.6 Å². The number of amides is 2. The highest BCUT2D eigenvalue weighted by Crippen LogP contribution is 2.46. The number of hydrogen-bond donors (Lipinski definition) is 2. The summed E-state index contributed by atoms with van der Waals surface area (Å²) in [7, 11) is 0. The number of anilines is 2. The number of nitrogens with one attached hydrogen (secondary N) is 2. The first kappa shape index (κ1) is 33.4. The minimum absolute atomic E-state index is 0.0555. The lowest BCUT2D eigenvalue weighted by atomic mass is 9.82. The molecule has 0 bridgehead atoms. The lowest BCUT2D eigenvalue weighted by Gasteiger charge is -2.23. The third-order valence-electron chi connectivity index (χ3n) is 6.45. The molecule has 44 heavy (non-hydrogen) atoms. The Kier molecular flexibility index (Phi) is 9.64. The largest absolute Gasteiger partial charge is 0.320 e. The van der Waals surface area contributed by atoms with Crippen molar-refractivity contribution in [3.05, 3.63) is 120 Å². The van der Waals surface area contributed by atoms with Crippen LogP contribution in [-0.4, -0.2) is 23.4 Å². The Morgan fingerprint density at radius 3 is 1.30 bits per heavy atom. The van der Waals surface area contributed by atoms with E-state index in [0.29, 0.717) is 0 Å². The van der Waals surface area contributed by atoms with Crippen LogP contribution >= 0.6 is 116 Å². The first-order valence-electron chi connectivity index (χ1n) is 11.7. The normalized spacial score (nSPS) is 12.1. The summed E-state index contributed by atoms with van der Waals surface area (Å²) in [5.41, 5.74) is -1.36. The molecule has 16 heteroatoms. The molecule has 2 amide bonds. The van der Waals surface area contributed by atoms with Gasteiger partial charge in [-0.1, -0.05) is 140 Å². The second-order valence-corrected chi connectivity index (χ2v) is 12.7. The summed E-state index contributed by atoms with van der Waals surface area (Å²) in [6, 6.07) is 8.67. The highest BCUT2D eigenvalue weighted by molar-refractivity contribution is 6.58. The summed E-state index contributed by atoms with van der Waals surface area (Å²) in [5, 5.41) is 2.29. The number of halogens is 10. The number of rotatable bonds is 4. The van der Waals surface area contributed by atoms with E-state index in [1.54, 1.807) is 12.1 Å². The maximum atomic E-state index is 13.8. The molecule has 0 heterocycles. The fraction of sp³-hybridized carbons (Fsp3) is 0. The first-order chi connectivity index (χ1) is 20.7. The quantitative estimate of drug-likeness (QED) is 0.140. The average molecular weight is 791 g/mol. The molecule has 4 aromatic rings. The van der Waals surface area contributed by atoms with Crippen LogP contribution in [0.5, 0.6) is 0 Å². The summed E-state index contributed by atoms with van der Waals surface area (Å²) in [5.74, 6) is -3.13. The Bertz CT molecular complexity index is 1950. The lowest BCUT2D eigenvalue weighted by Crippen LogP contribution is -2.26. The van der Waals surface area contributed by atoms with Crippen LogP contribution in [-0.2, 0) is 0 Å². The van der Waals surface area contributed by atoms with Crippen molar-refractivity contribution < 1.29 is 19.2 Å². The Morgan fingerprint density at radius 1 is 0.455 bits per heavy atom. The van der Waals surface area contributed by atoms with Gasteiger partial charge in [0.05, 0.1) is 78.3 Å². The molecule has 0 saturated carbocycles. The van der Waals surface area contributed by atoms with Crippen molar-refractivity contribution in [2.24, 2.45) is 0 Å². The van der Waals surface area contributed by atoms with E-state index in [1.807, 2.05) is 0 Å². The topological polar surface area (TPSA) is 92.3 Å². The molecule has 1 aliphatic rings. The number of benzene rings is 4. The summed E-state index contributed by atoms with van der Waals surface area (Å²) in [6.45, 7) is 0. The third-order valence-corrected chi connectivity index (χ3v) is 11.0. The molecule has 0 atom stereocenters. The standard InChI is InChI=1S/C28H8Cl10N2O4/c29-14-12(15(30)19(34)22(37)18(14)33)27(43)39-10-6-5-9-11(26(42)8-4-2-1-3-7(8)25(9)41)24(10)40-28(44)13-16(31)20(35)23(38)21(36)17(13)32/h1-6H,(H,39,43)(H,40,44). The van der Waals surface area contributed by atoms with Crippen LogP contribution in [0.1, 0.15) is 52.6 Å². The molecule has 0 fully saturated rings. The van der Waals surface area contributed by atoms with Crippen molar-refractivity contribution in [1.82, 2.24) is 0 Å². The maximum absolute atomic E-state index is 13.8. The molecule has 1 aliphatic carbocycles. The molecule has 0 aromatic heterocycles. The van der Waals surface area contributed by atoms with Crippen LogP contribution in [0.4, 0.5) is 11.4 Å². The molecule has 0 saturated heterocycles. The van der Waals surface area contributed by atoms with Crippen molar-refractivity contribution in [1.29, 1.82) is 0 Å². The number of fused-ring (bicyclic) bond motifs is 2. The van der Waals surface area contributed by atoms with E-state index in [-0.39, 0.29) is 89.4 Å². The van der Waals surface area contributed by atoms with Crippen molar-refractivity contribution >= 4 is 151 Å². The highest BCUT2D eigenvalue weighted by atomic mass is 35.5. The van der Waals surface area contributed by atoms with Gasteiger partial charge in [0, 0.05) is 16.7 Å². The number of ketones is 2. The van der Waals surface area contributed by atoms with Gasteiger partial charge in [-0.2, -0.15) is 0 Å². The van der Waals surface area contributed by atoms with E-state index >= 15 is 0 Å². The van der Waals surface area contributed by atoms with Gasteiger partial charge in [-0.05, 0) is 12.1 Å². The second kappa shape index (κ2) is 12.7. The van der Waals surface area contributed by atoms with Gasteiger partial charge in [0.2, 0.25) is 0 Å². The van der Waals surface area contributed by atoms with Crippen LogP contribution in [0.15, 0.2) is 36.4 Å². The average Bonchev–Trinajstić information content (AvgIpc) is 3.00. The Hall–Kier alpha value is -1.94. The minimum Gasteiger partial charge on any atom is -0.320 e. The molecule has 2 N–H and O–H groups in total. The van der Waals surface area contributed by atoms with Gasteiger partial charge in [0.15, 0.2) is 11.6 Å². The lowest BCUT2D eigenvalue weighted by molar-refractivity contribution is 0.0978. The van der Waals surface area contributed by atoms with Crippen molar-refractivity contribution in [2.45, 2.75) is 0 Å². The fourth-order valence-corrected chi connectivity index (χ4v) is 7.01. The summed E-state index contributed by atoms with van der Waals surface area (Å²) < 4.78 is 0. The number of hydrogen-bond acceptors (Lipinski definition) is 4. The Balaban J connectivity index is 1.71. The zero-order chi connectivity index (χ0) is 32.4. The Labute approximate surface area is 298 Å². The monoisotopic (exact) mass is 786 g/mol. The molecule has 0 spiro atoms. The van der Waals surface area contributed by atoms with E-state index in [0.717, 1.165) is 0 Å². The highest BCUT2D eigenvalue weighted by Gasteiger charge is 2.35. The molecular formula is C28H8Cl10N2O4. The van der Waals surface area contributed by atoms with E-state index in [1.165, 1.54) is 24.3 Å². The second-order valence-electron chi connectivity index (χ2n) is 8.91. The molecule has 0 radical (unpaired) electrons. The van der Waals surface area contributed by atoms with E-state index in [2.05, 4.69) is 10.6 Å². The van der Waals surface area contributed by atoms with Crippen LogP contribution in [0.25, 0.3) is 0 Å². The molecule has 4 aromatic carbocycles. The SMILES string of the molecule is O=C1c2ccccc2C(=O)c2c1ccc(NC(=O)c1c(Cl)c(Cl)c(Cl)c(Cl)c1Cl)c2NC(=O)c1c(Cl)c(Cl)c(Cl)c(Cl)c1Cl. The van der Waals surface area contributed by atoms with Crippen LogP contribution < -0.4 is 10.6 Å². The molecule has 0 aliphatic heterocycles. The number of carbonyl (C=O) groups is 4. The first-order valence-corrected chi connectivity index (χ1v) is 15.5. The summed E-state index contributed by atoms with van der Waals surface area (Å²) in [4.78, 5) is 54.5. The van der Waals surface area contributed by atoms with Crippen LogP contribution in [0.2, 0.25) is 50.2 Å². The molecular weight excluding hydrogens is 783 g/mol. The zero-order valence-electron chi connectivity index (χ0n) is 20.9. The van der Waals surface area contributed by atoms with E-state index in [4.69, 9.17) is 116 Å². The van der Waals surface area contributed by atoms with Gasteiger partial charge in [-0.15, -0.1) is 0 Å². The number of carbonyl (C=O) groups excluding carboxylic acids is 4. The minimum atomic E-state index is -1.02. The third kappa shape index (κ3) is 5.43. The van der Waals surface area contributed by atoms with Gasteiger partial charge in [0.1, 0.15) is 0 Å². The summed E-state index contributed by atoms with van der Waals surface area (Å²) >= 11 is 61.9. The molecule has 6 nitrogen and oxygen atoms in total. The van der Waals surface area contributed by atoms with Gasteiger partial charge in [-0.3, -0.25) is 19.2 Å². The molecule has 0 unspecified atom stereocenters. The van der Waals surface area contributed by atoms with Crippen LogP contribution in [0, 0.1) is 0 Å². The van der Waals surface area contributed by atoms with Gasteiger partial charge >= 0.3 is 0 Å². The van der Waals surface area contributed by atoms with Crippen molar-refractivity contribution in [3.63, 3.8) is 0 Å². The maximum Gasteiger partial charge on any atom is 0.258 e.